The molecule has 0 saturated carbocycles. The van der Waals surface area contributed by atoms with Gasteiger partial charge in [0.15, 0.2) is 0 Å². The van der Waals surface area contributed by atoms with Gasteiger partial charge in [0.05, 0.1) is 28.9 Å². The van der Waals surface area contributed by atoms with Crippen molar-refractivity contribution in [3.05, 3.63) is 124 Å². The van der Waals surface area contributed by atoms with Crippen LogP contribution in [0.3, 0.4) is 0 Å². The van der Waals surface area contributed by atoms with Crippen LogP contribution in [-0.4, -0.2) is 82.4 Å². The fraction of sp³-hybridized carbons (Fsp3) is 0.381. The first kappa shape index (κ1) is 37.9. The van der Waals surface area contributed by atoms with Gasteiger partial charge < -0.3 is 14.2 Å². The lowest BCUT2D eigenvalue weighted by molar-refractivity contribution is -0.137. The maximum atomic E-state index is 13.9. The first-order valence-electron chi connectivity index (χ1n) is 18.6. The Bertz CT molecular complexity index is 2290. The number of hydrogen-bond donors (Lipinski definition) is 0. The van der Waals surface area contributed by atoms with Crippen LogP contribution in [0.5, 0.6) is 0 Å². The Balaban J connectivity index is 0.983. The van der Waals surface area contributed by atoms with Crippen molar-refractivity contribution in [2.75, 3.05) is 33.4 Å². The molecule has 0 bridgehead atoms. The minimum Gasteiger partial charge on any atom is -0.370 e. The number of amides is 1. The van der Waals surface area contributed by atoms with Gasteiger partial charge in [0.25, 0.3) is 0 Å². The summed E-state index contributed by atoms with van der Waals surface area (Å²) in [7, 11) is -2.23. The Kier molecular flexibility index (Phi) is 11.3. The largest absolute Gasteiger partial charge is 0.370 e. The third-order valence-electron chi connectivity index (χ3n) is 10.7. The quantitative estimate of drug-likeness (QED) is 0.141. The summed E-state index contributed by atoms with van der Waals surface area (Å²) in [5, 5.41) is 0.732. The van der Waals surface area contributed by atoms with E-state index in [0.29, 0.717) is 26.1 Å². The van der Waals surface area contributed by atoms with Crippen LogP contribution in [0, 0.1) is 12.8 Å². The molecule has 7 rings (SSSR count). The lowest BCUT2D eigenvalue weighted by atomic mass is 9.88. The first-order chi connectivity index (χ1) is 26.0. The molecule has 0 spiro atoms. The number of aryl methyl sites for hydroxylation is 3. The second-order valence-electron chi connectivity index (χ2n) is 14.7. The zero-order chi connectivity index (χ0) is 38.0. The van der Waals surface area contributed by atoms with Crippen molar-refractivity contribution in [3.63, 3.8) is 0 Å². The number of carbonyl (C=O) groups excluding carboxylic acids is 1. The van der Waals surface area contributed by atoms with Gasteiger partial charge in [-0.25, -0.2) is 13.4 Å². The third-order valence-corrected chi connectivity index (χ3v) is 12.8. The van der Waals surface area contributed by atoms with Gasteiger partial charge in [-0.1, -0.05) is 55.3 Å². The summed E-state index contributed by atoms with van der Waals surface area (Å²) in [5.74, 6) is 0.992. The molecule has 1 unspecified atom stereocenters. The molecule has 1 atom stereocenters. The van der Waals surface area contributed by atoms with Crippen LogP contribution in [0.25, 0.3) is 16.6 Å². The van der Waals surface area contributed by atoms with Gasteiger partial charge in [0.2, 0.25) is 15.9 Å². The van der Waals surface area contributed by atoms with E-state index in [-0.39, 0.29) is 29.9 Å². The number of sulfonamides is 1. The Morgan fingerprint density at radius 2 is 1.74 bits per heavy atom. The number of benzene rings is 2. The van der Waals surface area contributed by atoms with Crippen LogP contribution in [0.15, 0.2) is 89.7 Å². The molecule has 5 aromatic rings. The highest BCUT2D eigenvalue weighted by atomic mass is 35.5. The topological polar surface area (TPSA) is 111 Å². The standard InChI is InChI=1S/C42H47ClN6O4S/c1-28(2)22-35(47(4)54(51,52)36-12-7-30(8-13-36)25-49-29(3)46-38-24-44-19-15-39(38)49)26-53-27-40(50)48-20-16-31(17-21-48)41-37-14-11-34(43)23-33(37)10-9-32-6-5-18-45-42(32)41/h5-8,11-15,18-19,23-24,28,35H,9-10,16-17,20-22,25-27H2,1-4H3. The van der Waals surface area contributed by atoms with Crippen LogP contribution >= 0.6 is 11.6 Å². The van der Waals surface area contributed by atoms with Crippen molar-refractivity contribution in [2.45, 2.75) is 70.4 Å². The molecular formula is C42H47ClN6O4S. The van der Waals surface area contributed by atoms with E-state index in [9.17, 15) is 13.2 Å². The average molecular weight is 767 g/mol. The minimum atomic E-state index is -3.83. The Morgan fingerprint density at radius 3 is 2.50 bits per heavy atom. The van der Waals surface area contributed by atoms with Crippen molar-refractivity contribution in [1.29, 1.82) is 0 Å². The maximum absolute atomic E-state index is 13.9. The van der Waals surface area contributed by atoms with Crippen molar-refractivity contribution < 1.29 is 17.9 Å². The van der Waals surface area contributed by atoms with E-state index in [1.165, 1.54) is 32.1 Å². The molecule has 1 saturated heterocycles. The smallest absolute Gasteiger partial charge is 0.248 e. The van der Waals surface area contributed by atoms with Crippen LogP contribution in [0.2, 0.25) is 5.02 Å². The molecule has 282 valence electrons. The molecule has 4 heterocycles. The number of nitrogens with zero attached hydrogens (tertiary/aromatic N) is 6. The van der Waals surface area contributed by atoms with Gasteiger partial charge in [0.1, 0.15) is 17.9 Å². The van der Waals surface area contributed by atoms with Gasteiger partial charge in [-0.3, -0.25) is 14.8 Å². The van der Waals surface area contributed by atoms with Gasteiger partial charge in [0, 0.05) is 55.7 Å². The average Bonchev–Trinajstić information content (AvgIpc) is 3.38. The molecule has 1 fully saturated rings. The number of imidazole rings is 1. The highest BCUT2D eigenvalue weighted by Crippen LogP contribution is 2.38. The molecule has 1 amide bonds. The summed E-state index contributed by atoms with van der Waals surface area (Å²) < 4.78 is 37.2. The summed E-state index contributed by atoms with van der Waals surface area (Å²) in [5.41, 5.74) is 9.89. The monoisotopic (exact) mass is 766 g/mol. The summed E-state index contributed by atoms with van der Waals surface area (Å²) in [6.07, 6.45) is 9.21. The summed E-state index contributed by atoms with van der Waals surface area (Å²) in [4.78, 5) is 29.1. The summed E-state index contributed by atoms with van der Waals surface area (Å²) >= 11 is 6.40. The third kappa shape index (κ3) is 8.00. The van der Waals surface area contributed by atoms with Crippen molar-refractivity contribution >= 4 is 44.1 Å². The zero-order valence-electron chi connectivity index (χ0n) is 31.3. The zero-order valence-corrected chi connectivity index (χ0v) is 32.9. The number of carbonyl (C=O) groups is 1. The number of hydrogen-bond acceptors (Lipinski definition) is 7. The number of aromatic nitrogens is 4. The normalized spacial score (nSPS) is 15.4. The van der Waals surface area contributed by atoms with E-state index >= 15 is 0 Å². The Labute approximate surface area is 322 Å². The highest BCUT2D eigenvalue weighted by molar-refractivity contribution is 7.89. The lowest BCUT2D eigenvalue weighted by Gasteiger charge is -2.31. The second kappa shape index (κ2) is 16.1. The molecule has 1 aliphatic heterocycles. The molecule has 2 aromatic carbocycles. The molecule has 0 N–H and O–H groups in total. The number of likely N-dealkylation sites (tertiary alicyclic amines) is 1. The highest BCUT2D eigenvalue weighted by Gasteiger charge is 2.30. The first-order valence-corrected chi connectivity index (χ1v) is 20.5. The number of ether oxygens (including phenoxy) is 1. The number of piperidine rings is 1. The van der Waals surface area contributed by atoms with E-state index in [2.05, 4.69) is 46.6 Å². The Hall–Kier alpha value is -4.42. The number of pyridine rings is 2. The van der Waals surface area contributed by atoms with Crippen molar-refractivity contribution in [3.8, 4) is 0 Å². The number of likely N-dealkylation sites (N-methyl/N-ethyl adjacent to an activating group) is 1. The fourth-order valence-electron chi connectivity index (χ4n) is 7.76. The van der Waals surface area contributed by atoms with Crippen LogP contribution in [-0.2, 0) is 38.9 Å². The van der Waals surface area contributed by atoms with Crippen LogP contribution in [0.1, 0.15) is 66.9 Å². The van der Waals surface area contributed by atoms with Crippen molar-refractivity contribution in [1.82, 2.24) is 28.7 Å². The van der Waals surface area contributed by atoms with Crippen LogP contribution < -0.4 is 0 Å². The van der Waals surface area contributed by atoms with E-state index in [4.69, 9.17) is 21.3 Å². The van der Waals surface area contributed by atoms with E-state index in [1.807, 2.05) is 48.4 Å². The molecule has 0 radical (unpaired) electrons. The fourth-order valence-corrected chi connectivity index (χ4v) is 9.31. The molecular weight excluding hydrogens is 720 g/mol. The SMILES string of the molecule is Cc1nc2cnccc2n1Cc1ccc(S(=O)(=O)N(C)C(COCC(=O)N2CCC(=C3c4ccc(Cl)cc4CCc4cccnc43)CC2)CC(C)C)cc1. The predicted molar refractivity (Wildman–Crippen MR) is 212 cm³/mol. The van der Waals surface area contributed by atoms with Gasteiger partial charge >= 0.3 is 0 Å². The summed E-state index contributed by atoms with van der Waals surface area (Å²) in [6.45, 7) is 7.80. The Morgan fingerprint density at radius 1 is 0.981 bits per heavy atom. The minimum absolute atomic E-state index is 0.0906. The molecule has 2 aliphatic rings. The van der Waals surface area contributed by atoms with E-state index in [1.54, 1.807) is 31.6 Å². The van der Waals surface area contributed by atoms with Gasteiger partial charge in [-0.2, -0.15) is 4.31 Å². The van der Waals surface area contributed by atoms with Gasteiger partial charge in [-0.05, 0) is 104 Å². The van der Waals surface area contributed by atoms with E-state index in [0.717, 1.165) is 58.8 Å². The second-order valence-corrected chi connectivity index (χ2v) is 17.2. The molecule has 3 aromatic heterocycles. The van der Waals surface area contributed by atoms with E-state index < -0.39 is 16.1 Å². The lowest BCUT2D eigenvalue weighted by Crippen LogP contribution is -2.43. The van der Waals surface area contributed by atoms with Crippen LogP contribution in [0.4, 0.5) is 0 Å². The maximum Gasteiger partial charge on any atom is 0.248 e. The molecule has 12 heteroatoms. The predicted octanol–water partition coefficient (Wildman–Crippen LogP) is 7.11. The molecule has 54 heavy (non-hydrogen) atoms. The molecule has 1 aliphatic carbocycles. The van der Waals surface area contributed by atoms with Gasteiger partial charge in [-0.15, -0.1) is 0 Å². The number of halogens is 1. The number of rotatable bonds is 11. The summed E-state index contributed by atoms with van der Waals surface area (Å²) in [6, 6.07) is 18.8. The molecule has 10 nitrogen and oxygen atoms in total. The number of fused-ring (bicyclic) bond motifs is 3. The van der Waals surface area contributed by atoms with Crippen molar-refractivity contribution in [2.24, 2.45) is 5.92 Å².